The summed E-state index contributed by atoms with van der Waals surface area (Å²) in [7, 11) is 0. The Balaban J connectivity index is 0.000000322. The normalized spacial score (nSPS) is 30.2. The summed E-state index contributed by atoms with van der Waals surface area (Å²) in [5.41, 5.74) is 0. The van der Waals surface area contributed by atoms with Crippen LogP contribution < -0.4 is 0 Å². The fourth-order valence-corrected chi connectivity index (χ4v) is 1.87. The van der Waals surface area contributed by atoms with E-state index in [2.05, 4.69) is 11.8 Å². The summed E-state index contributed by atoms with van der Waals surface area (Å²) in [4.78, 5) is 2.51. The molecule has 0 spiro atoms. The molecule has 2 heteroatoms. The Morgan fingerprint density at radius 1 is 1.23 bits per heavy atom. The highest BCUT2D eigenvalue weighted by atomic mass is 16.5. The van der Waals surface area contributed by atoms with Crippen molar-refractivity contribution in [3.8, 4) is 0 Å². The van der Waals surface area contributed by atoms with Crippen LogP contribution in [0.25, 0.3) is 0 Å². The van der Waals surface area contributed by atoms with Crippen molar-refractivity contribution >= 4 is 0 Å². The van der Waals surface area contributed by atoms with Crippen molar-refractivity contribution in [2.75, 3.05) is 19.7 Å². The molecule has 0 aromatic rings. The molecule has 0 radical (unpaired) electrons. The van der Waals surface area contributed by atoms with Crippen LogP contribution in [0.15, 0.2) is 0 Å². The highest BCUT2D eigenvalue weighted by Gasteiger charge is 2.37. The van der Waals surface area contributed by atoms with E-state index in [9.17, 15) is 0 Å². The molecule has 2 rings (SSSR count). The largest absolute Gasteiger partial charge is 0.375 e. The molecule has 2 nitrogen and oxygen atoms in total. The lowest BCUT2D eigenvalue weighted by Gasteiger charge is -2.24. The average Bonchev–Trinajstić information content (AvgIpc) is 2.84. The zero-order chi connectivity index (χ0) is 10.3. The molecule has 2 fully saturated rings. The lowest BCUT2D eigenvalue weighted by Crippen LogP contribution is -2.36. The van der Waals surface area contributed by atoms with Gasteiger partial charge in [0.15, 0.2) is 0 Å². The second kappa shape index (κ2) is 7.34. The monoisotopic (exact) mass is 187 g/mol. The van der Waals surface area contributed by atoms with Crippen LogP contribution in [-0.2, 0) is 4.74 Å². The van der Waals surface area contributed by atoms with E-state index in [0.717, 1.165) is 12.6 Å². The van der Waals surface area contributed by atoms with Gasteiger partial charge in [0.05, 0.1) is 12.7 Å². The quantitative estimate of drug-likeness (QED) is 0.625. The molecule has 80 valence electrons. The molecule has 0 aromatic heterocycles. The number of ether oxygens (including phenoxy) is 1. The van der Waals surface area contributed by atoms with Gasteiger partial charge in [-0.1, -0.05) is 34.6 Å². The summed E-state index contributed by atoms with van der Waals surface area (Å²) in [6, 6.07) is 0.764. The second-order valence-electron chi connectivity index (χ2n) is 2.93. The van der Waals surface area contributed by atoms with Crippen molar-refractivity contribution < 1.29 is 4.74 Å². The number of nitrogens with zero attached hydrogens (tertiary/aromatic N) is 1. The van der Waals surface area contributed by atoms with Gasteiger partial charge in [-0.3, -0.25) is 4.90 Å². The Morgan fingerprint density at radius 3 is 2.08 bits per heavy atom. The van der Waals surface area contributed by atoms with Gasteiger partial charge in [-0.25, -0.2) is 0 Å². The van der Waals surface area contributed by atoms with E-state index in [-0.39, 0.29) is 0 Å². The van der Waals surface area contributed by atoms with Crippen LogP contribution in [0.3, 0.4) is 0 Å². The van der Waals surface area contributed by atoms with Gasteiger partial charge in [0.25, 0.3) is 0 Å². The topological polar surface area (TPSA) is 12.5 Å². The third-order valence-electron chi connectivity index (χ3n) is 2.42. The zero-order valence-corrected chi connectivity index (χ0v) is 9.84. The summed E-state index contributed by atoms with van der Waals surface area (Å²) < 4.78 is 5.44. The van der Waals surface area contributed by atoms with Crippen molar-refractivity contribution in [2.24, 2.45) is 0 Å². The Bertz CT molecular complexity index is 117. The molecule has 0 aromatic carbocycles. The molecule has 2 aliphatic heterocycles. The number of likely N-dealkylation sites (N-methyl/N-ethyl adjacent to an activating group) is 1. The summed E-state index contributed by atoms with van der Waals surface area (Å²) in [5, 5.41) is 0. The van der Waals surface area contributed by atoms with E-state index >= 15 is 0 Å². The molecular formula is C11H25NO. The maximum atomic E-state index is 5.44. The minimum absolute atomic E-state index is 0.579. The Labute approximate surface area is 83.3 Å². The molecule has 0 amide bonds. The Morgan fingerprint density at radius 2 is 1.85 bits per heavy atom. The molecule has 0 N–H and O–H groups in total. The molecule has 2 bridgehead atoms. The van der Waals surface area contributed by atoms with Gasteiger partial charge < -0.3 is 4.74 Å². The van der Waals surface area contributed by atoms with E-state index in [1.54, 1.807) is 0 Å². The maximum Gasteiger partial charge on any atom is 0.0718 e. The first-order chi connectivity index (χ1) is 6.40. The molecule has 13 heavy (non-hydrogen) atoms. The fourth-order valence-electron chi connectivity index (χ4n) is 1.87. The Kier molecular flexibility index (Phi) is 7.29. The van der Waals surface area contributed by atoms with E-state index in [1.165, 1.54) is 19.5 Å². The third kappa shape index (κ3) is 3.28. The predicted octanol–water partition coefficient (Wildman–Crippen LogP) is 2.53. The number of hydrogen-bond donors (Lipinski definition) is 0. The van der Waals surface area contributed by atoms with Crippen LogP contribution in [0, 0.1) is 0 Å². The standard InChI is InChI=1S/C7H13NO.2C2H6/c1-2-8-4-7-3-6(8)5-9-7;2*1-2/h6-7H,2-5H2,1H3;2*1-2H3. The van der Waals surface area contributed by atoms with Gasteiger partial charge in [-0.15, -0.1) is 0 Å². The van der Waals surface area contributed by atoms with Crippen LogP contribution in [0.4, 0.5) is 0 Å². The lowest BCUT2D eigenvalue weighted by molar-refractivity contribution is 0.0329. The van der Waals surface area contributed by atoms with Crippen molar-refractivity contribution in [3.63, 3.8) is 0 Å². The SMILES string of the molecule is CC.CC.CCN1CC2CC1CO2. The smallest absolute Gasteiger partial charge is 0.0718 e. The highest BCUT2D eigenvalue weighted by Crippen LogP contribution is 2.26. The van der Waals surface area contributed by atoms with Gasteiger partial charge in [0.1, 0.15) is 0 Å². The summed E-state index contributed by atoms with van der Waals surface area (Å²) in [5.74, 6) is 0. The molecular weight excluding hydrogens is 162 g/mol. The molecule has 0 aliphatic carbocycles. The van der Waals surface area contributed by atoms with Crippen LogP contribution in [-0.4, -0.2) is 36.7 Å². The number of rotatable bonds is 1. The summed E-state index contributed by atoms with van der Waals surface area (Å²) in [6.45, 7) is 13.6. The van der Waals surface area contributed by atoms with Crippen LogP contribution in [0.5, 0.6) is 0 Å². The molecule has 2 saturated heterocycles. The van der Waals surface area contributed by atoms with Gasteiger partial charge in [0.2, 0.25) is 0 Å². The maximum absolute atomic E-state index is 5.44. The van der Waals surface area contributed by atoms with Gasteiger partial charge in [-0.05, 0) is 13.0 Å². The van der Waals surface area contributed by atoms with Crippen molar-refractivity contribution in [1.82, 2.24) is 4.90 Å². The minimum atomic E-state index is 0.579. The molecule has 2 heterocycles. The first kappa shape index (κ1) is 12.9. The van der Waals surface area contributed by atoms with Gasteiger partial charge in [-0.2, -0.15) is 0 Å². The molecule has 2 unspecified atom stereocenters. The fraction of sp³-hybridized carbons (Fsp3) is 1.00. The second-order valence-corrected chi connectivity index (χ2v) is 2.93. The first-order valence-electron chi connectivity index (χ1n) is 5.76. The predicted molar refractivity (Wildman–Crippen MR) is 58.1 cm³/mol. The van der Waals surface area contributed by atoms with Crippen LogP contribution in [0.1, 0.15) is 41.0 Å². The number of hydrogen-bond acceptors (Lipinski definition) is 2. The number of likely N-dealkylation sites (tertiary alicyclic amines) is 1. The zero-order valence-electron chi connectivity index (χ0n) is 9.84. The molecule has 2 aliphatic rings. The summed E-state index contributed by atoms with van der Waals surface area (Å²) >= 11 is 0. The first-order valence-corrected chi connectivity index (χ1v) is 5.76. The highest BCUT2D eigenvalue weighted by molar-refractivity contribution is 4.90. The molecule has 0 saturated carbocycles. The third-order valence-corrected chi connectivity index (χ3v) is 2.42. The van der Waals surface area contributed by atoms with Crippen LogP contribution in [0.2, 0.25) is 0 Å². The van der Waals surface area contributed by atoms with E-state index in [4.69, 9.17) is 4.74 Å². The van der Waals surface area contributed by atoms with E-state index < -0.39 is 0 Å². The minimum Gasteiger partial charge on any atom is -0.375 e. The van der Waals surface area contributed by atoms with E-state index in [0.29, 0.717) is 6.10 Å². The number of fused-ring (bicyclic) bond motifs is 2. The van der Waals surface area contributed by atoms with Gasteiger partial charge in [0, 0.05) is 12.6 Å². The molecule has 2 atom stereocenters. The van der Waals surface area contributed by atoms with Gasteiger partial charge >= 0.3 is 0 Å². The Hall–Kier alpha value is -0.0800. The van der Waals surface area contributed by atoms with Crippen molar-refractivity contribution in [1.29, 1.82) is 0 Å². The van der Waals surface area contributed by atoms with Crippen molar-refractivity contribution in [2.45, 2.75) is 53.2 Å². The summed E-state index contributed by atoms with van der Waals surface area (Å²) in [6.07, 6.45) is 1.86. The lowest BCUT2D eigenvalue weighted by atomic mass is 10.2. The average molecular weight is 187 g/mol. The van der Waals surface area contributed by atoms with Crippen molar-refractivity contribution in [3.05, 3.63) is 0 Å². The van der Waals surface area contributed by atoms with E-state index in [1.807, 2.05) is 27.7 Å². The van der Waals surface area contributed by atoms with Crippen LogP contribution >= 0.6 is 0 Å². The number of morpholine rings is 1.